The molecular formula is C27H31N3O4S3. The van der Waals surface area contributed by atoms with Crippen molar-refractivity contribution in [3.05, 3.63) is 57.2 Å². The molecule has 0 aliphatic heterocycles. The molecule has 4 rings (SSSR count). The highest BCUT2D eigenvalue weighted by Crippen LogP contribution is 2.38. The number of thiophene rings is 1. The van der Waals surface area contributed by atoms with Gasteiger partial charge in [-0.05, 0) is 62.8 Å². The Kier molecular flexibility index (Phi) is 9.39. The number of carbonyl (C=O) groups is 3. The Labute approximate surface area is 228 Å². The quantitative estimate of drug-likeness (QED) is 0.213. The summed E-state index contributed by atoms with van der Waals surface area (Å²) in [5.41, 5.74) is 3.68. The number of benzene rings is 1. The number of hydrogen-bond acceptors (Lipinski definition) is 7. The lowest BCUT2D eigenvalue weighted by Crippen LogP contribution is -2.19. The fourth-order valence-corrected chi connectivity index (χ4v) is 7.40. The lowest BCUT2D eigenvalue weighted by molar-refractivity contribution is -0.115. The molecule has 0 radical (unpaired) electrons. The van der Waals surface area contributed by atoms with Gasteiger partial charge >= 0.3 is 5.97 Å². The van der Waals surface area contributed by atoms with Crippen molar-refractivity contribution in [2.45, 2.75) is 52.5 Å². The van der Waals surface area contributed by atoms with Crippen LogP contribution in [-0.4, -0.2) is 40.5 Å². The largest absolute Gasteiger partial charge is 0.462 e. The van der Waals surface area contributed by atoms with Crippen LogP contribution in [0.5, 0.6) is 0 Å². The van der Waals surface area contributed by atoms with E-state index in [2.05, 4.69) is 23.0 Å². The molecule has 0 atom stereocenters. The van der Waals surface area contributed by atoms with E-state index < -0.39 is 0 Å². The maximum Gasteiger partial charge on any atom is 0.341 e. The number of rotatable bonds is 9. The Morgan fingerprint density at radius 2 is 2.00 bits per heavy atom. The number of aromatic nitrogens is 1. The summed E-state index contributed by atoms with van der Waals surface area (Å²) in [7, 11) is 0. The Morgan fingerprint density at radius 1 is 1.19 bits per heavy atom. The first-order chi connectivity index (χ1) is 17.9. The zero-order valence-corrected chi connectivity index (χ0v) is 23.6. The molecule has 10 heteroatoms. The third-order valence-corrected chi connectivity index (χ3v) is 9.15. The Bertz CT molecular complexity index is 1400. The molecule has 0 saturated carbocycles. The molecule has 2 heterocycles. The zero-order chi connectivity index (χ0) is 26.4. The van der Waals surface area contributed by atoms with E-state index in [1.807, 2.05) is 23.6 Å². The van der Waals surface area contributed by atoms with Gasteiger partial charge in [-0.2, -0.15) is 4.99 Å². The molecule has 1 aliphatic rings. The van der Waals surface area contributed by atoms with Gasteiger partial charge in [0.25, 0.3) is 5.91 Å². The summed E-state index contributed by atoms with van der Waals surface area (Å²) in [4.78, 5) is 44.1. The van der Waals surface area contributed by atoms with E-state index in [9.17, 15) is 14.4 Å². The van der Waals surface area contributed by atoms with E-state index in [1.165, 1.54) is 34.4 Å². The first-order valence-electron chi connectivity index (χ1n) is 12.4. The SMILES string of the molecule is C=CCn1c(=NC(=O)CSCC(=O)Nc2sc3c(c2C(=O)OCC)CCCCC3)sc2cc(C)ccc21. The number of nitrogens with one attached hydrogen (secondary N) is 1. The Hall–Kier alpha value is -2.69. The van der Waals surface area contributed by atoms with Gasteiger partial charge in [-0.25, -0.2) is 4.79 Å². The average Bonchev–Trinajstić information content (AvgIpc) is 3.26. The molecule has 0 spiro atoms. The lowest BCUT2D eigenvalue weighted by atomic mass is 10.1. The second-order valence-corrected chi connectivity index (χ2v) is 11.9. The Morgan fingerprint density at radius 3 is 2.78 bits per heavy atom. The number of amides is 2. The zero-order valence-electron chi connectivity index (χ0n) is 21.1. The van der Waals surface area contributed by atoms with Crippen LogP contribution in [0.25, 0.3) is 10.2 Å². The van der Waals surface area contributed by atoms with E-state index in [1.54, 1.807) is 13.0 Å². The number of ether oxygens (including phenoxy) is 1. The molecule has 0 unspecified atom stereocenters. The number of thioether (sulfide) groups is 1. The number of esters is 1. The third-order valence-electron chi connectivity index (χ3n) is 5.98. The number of thiazole rings is 1. The molecule has 1 aromatic carbocycles. The number of fused-ring (bicyclic) bond motifs is 2. The number of nitrogens with zero attached hydrogens (tertiary/aromatic N) is 2. The minimum Gasteiger partial charge on any atom is -0.462 e. The topological polar surface area (TPSA) is 89.8 Å². The van der Waals surface area contributed by atoms with Crippen LogP contribution in [0.4, 0.5) is 5.00 Å². The van der Waals surface area contributed by atoms with Crippen LogP contribution in [0.15, 0.2) is 35.8 Å². The van der Waals surface area contributed by atoms with Gasteiger partial charge in [0.05, 0.1) is 33.9 Å². The van der Waals surface area contributed by atoms with Crippen molar-refractivity contribution >= 4 is 67.4 Å². The van der Waals surface area contributed by atoms with E-state index in [-0.39, 0.29) is 35.9 Å². The van der Waals surface area contributed by atoms with Gasteiger partial charge in [0.2, 0.25) is 5.91 Å². The van der Waals surface area contributed by atoms with E-state index >= 15 is 0 Å². The summed E-state index contributed by atoms with van der Waals surface area (Å²) in [5.74, 6) is -0.761. The number of aryl methyl sites for hydroxylation is 2. The van der Waals surface area contributed by atoms with Gasteiger partial charge in [0.15, 0.2) is 4.80 Å². The van der Waals surface area contributed by atoms with Gasteiger partial charge in [-0.3, -0.25) is 9.59 Å². The summed E-state index contributed by atoms with van der Waals surface area (Å²) in [6.07, 6.45) is 6.76. The van der Waals surface area contributed by atoms with E-state index in [4.69, 9.17) is 4.74 Å². The van der Waals surface area contributed by atoms with Crippen LogP contribution < -0.4 is 10.1 Å². The van der Waals surface area contributed by atoms with E-state index in [0.29, 0.717) is 21.9 Å². The van der Waals surface area contributed by atoms with Gasteiger partial charge in [0, 0.05) is 11.4 Å². The van der Waals surface area contributed by atoms with Gasteiger partial charge in [-0.1, -0.05) is 29.9 Å². The lowest BCUT2D eigenvalue weighted by Gasteiger charge is -2.08. The average molecular weight is 558 g/mol. The van der Waals surface area contributed by atoms with Crippen LogP contribution in [-0.2, 0) is 33.7 Å². The summed E-state index contributed by atoms with van der Waals surface area (Å²) in [6.45, 7) is 8.46. The van der Waals surface area contributed by atoms with Crippen molar-refractivity contribution in [1.82, 2.24) is 4.57 Å². The van der Waals surface area contributed by atoms with Crippen molar-refractivity contribution in [1.29, 1.82) is 0 Å². The molecule has 37 heavy (non-hydrogen) atoms. The van der Waals surface area contributed by atoms with Crippen LogP contribution in [0, 0.1) is 6.92 Å². The molecule has 1 N–H and O–H groups in total. The van der Waals surface area contributed by atoms with Crippen LogP contribution in [0.1, 0.15) is 52.5 Å². The predicted octanol–water partition coefficient (Wildman–Crippen LogP) is 5.50. The molecular weight excluding hydrogens is 527 g/mol. The van der Waals surface area contributed by atoms with Crippen molar-refractivity contribution in [2.75, 3.05) is 23.4 Å². The smallest absolute Gasteiger partial charge is 0.341 e. The standard InChI is InChI=1S/C27H31N3O4S3/c1-4-13-30-19-12-11-17(3)14-21(19)37-27(30)29-23(32)16-35-15-22(31)28-25-24(26(33)34-5-2)18-9-7-6-8-10-20(18)36-25/h4,11-12,14H,1,5-10,13,15-16H2,2-3H3,(H,28,31). The van der Waals surface area contributed by atoms with Gasteiger partial charge in [0.1, 0.15) is 5.00 Å². The monoisotopic (exact) mass is 557 g/mol. The molecule has 2 amide bonds. The van der Waals surface area contributed by atoms with Crippen molar-refractivity contribution in [2.24, 2.45) is 4.99 Å². The highest BCUT2D eigenvalue weighted by atomic mass is 32.2. The number of anilines is 1. The molecule has 0 fully saturated rings. The third kappa shape index (κ3) is 6.61. The predicted molar refractivity (Wildman–Crippen MR) is 153 cm³/mol. The Balaban J connectivity index is 1.42. The summed E-state index contributed by atoms with van der Waals surface area (Å²) < 4.78 is 8.32. The first kappa shape index (κ1) is 27.3. The fraction of sp³-hybridized carbons (Fsp3) is 0.407. The normalized spacial score (nSPS) is 13.7. The summed E-state index contributed by atoms with van der Waals surface area (Å²) in [6, 6.07) is 6.15. The molecule has 0 bridgehead atoms. The number of carbonyl (C=O) groups excluding carboxylic acids is 3. The summed E-state index contributed by atoms with van der Waals surface area (Å²) in [5, 5.41) is 3.46. The van der Waals surface area contributed by atoms with Crippen LogP contribution in [0.3, 0.4) is 0 Å². The van der Waals surface area contributed by atoms with E-state index in [0.717, 1.165) is 58.3 Å². The van der Waals surface area contributed by atoms with Gasteiger partial charge in [-0.15, -0.1) is 29.7 Å². The molecule has 196 valence electrons. The first-order valence-corrected chi connectivity index (χ1v) is 15.2. The maximum absolute atomic E-state index is 12.7. The second-order valence-electron chi connectivity index (χ2n) is 8.79. The van der Waals surface area contributed by atoms with Crippen LogP contribution in [0.2, 0.25) is 0 Å². The van der Waals surface area contributed by atoms with Crippen LogP contribution >= 0.6 is 34.4 Å². The molecule has 3 aromatic rings. The molecule has 2 aromatic heterocycles. The van der Waals surface area contributed by atoms with Crippen molar-refractivity contribution in [3.8, 4) is 0 Å². The second kappa shape index (κ2) is 12.7. The number of allylic oxidation sites excluding steroid dienone is 1. The van der Waals surface area contributed by atoms with Gasteiger partial charge < -0.3 is 14.6 Å². The minimum atomic E-state index is -0.384. The molecule has 0 saturated heterocycles. The minimum absolute atomic E-state index is 0.0838. The van der Waals surface area contributed by atoms with Crippen molar-refractivity contribution in [3.63, 3.8) is 0 Å². The highest BCUT2D eigenvalue weighted by Gasteiger charge is 2.26. The van der Waals surface area contributed by atoms with Crippen molar-refractivity contribution < 1.29 is 19.1 Å². The number of hydrogen-bond donors (Lipinski definition) is 1. The molecule has 1 aliphatic carbocycles. The maximum atomic E-state index is 12.7. The fourth-order valence-electron chi connectivity index (χ4n) is 4.35. The summed E-state index contributed by atoms with van der Waals surface area (Å²) >= 11 is 4.15. The highest BCUT2D eigenvalue weighted by molar-refractivity contribution is 8.00. The molecule has 7 nitrogen and oxygen atoms in total.